The minimum atomic E-state index is -0.677. The number of carbonyl (C=O) groups is 2. The van der Waals surface area contributed by atoms with Gasteiger partial charge in [-0.2, -0.15) is 0 Å². The molecule has 0 aliphatic carbocycles. The summed E-state index contributed by atoms with van der Waals surface area (Å²) in [5.74, 6) is 0.949. The molecule has 0 spiro atoms. The van der Waals surface area contributed by atoms with Crippen LogP contribution in [0.3, 0.4) is 0 Å². The third-order valence-corrected chi connectivity index (χ3v) is 7.05. The highest BCUT2D eigenvalue weighted by Gasteiger charge is 2.43. The molecular weight excluding hydrogens is 474 g/mol. The fraction of sp³-hybridized carbons (Fsp3) is 0.500. The normalized spacial score (nSPS) is 16.9. The first kappa shape index (κ1) is 28.1. The van der Waals surface area contributed by atoms with E-state index in [-0.39, 0.29) is 11.8 Å². The van der Waals surface area contributed by atoms with Crippen LogP contribution < -0.4 is 24.3 Å². The molecule has 202 valence electrons. The lowest BCUT2D eigenvalue weighted by molar-refractivity contribution is -0.124. The van der Waals surface area contributed by atoms with E-state index < -0.39 is 12.0 Å². The first-order chi connectivity index (χ1) is 17.8. The summed E-state index contributed by atoms with van der Waals surface area (Å²) in [7, 11) is 7.90. The Morgan fingerprint density at radius 2 is 1.51 bits per heavy atom. The van der Waals surface area contributed by atoms with E-state index in [0.29, 0.717) is 40.7 Å². The molecule has 0 fully saturated rings. The van der Waals surface area contributed by atoms with Crippen molar-refractivity contribution in [1.82, 2.24) is 15.1 Å². The van der Waals surface area contributed by atoms with E-state index in [1.54, 1.807) is 44.4 Å². The molecule has 0 aromatic heterocycles. The summed E-state index contributed by atoms with van der Waals surface area (Å²) in [6, 6.07) is 8.30. The Morgan fingerprint density at radius 1 is 0.919 bits per heavy atom. The number of hydrogen-bond acceptors (Lipinski definition) is 7. The Hall–Kier alpha value is -3.46. The molecule has 2 aromatic rings. The number of benzene rings is 2. The van der Waals surface area contributed by atoms with Crippen molar-refractivity contribution in [3.05, 3.63) is 47.0 Å². The van der Waals surface area contributed by atoms with Gasteiger partial charge < -0.3 is 34.1 Å². The smallest absolute Gasteiger partial charge is 0.254 e. The maximum atomic E-state index is 13.8. The molecule has 3 rings (SSSR count). The van der Waals surface area contributed by atoms with Gasteiger partial charge in [-0.15, -0.1) is 0 Å². The number of hydrogen-bond donors (Lipinski definition) is 1. The van der Waals surface area contributed by atoms with Gasteiger partial charge in [0.05, 0.1) is 40.4 Å². The van der Waals surface area contributed by atoms with E-state index >= 15 is 0 Å². The molecule has 9 nitrogen and oxygen atoms in total. The quantitative estimate of drug-likeness (QED) is 0.435. The monoisotopic (exact) mass is 513 g/mol. The molecule has 9 heteroatoms. The summed E-state index contributed by atoms with van der Waals surface area (Å²) in [5, 5.41) is 3.12. The van der Waals surface area contributed by atoms with E-state index in [1.165, 1.54) is 14.2 Å². The number of fused-ring (bicyclic) bond motifs is 1. The number of ether oxygens (including phenoxy) is 4. The Labute approximate surface area is 219 Å². The fourth-order valence-corrected chi connectivity index (χ4v) is 4.95. The maximum absolute atomic E-state index is 13.8. The van der Waals surface area contributed by atoms with Crippen molar-refractivity contribution in [1.29, 1.82) is 0 Å². The predicted octanol–water partition coefficient (Wildman–Crippen LogP) is 3.48. The van der Waals surface area contributed by atoms with Crippen LogP contribution >= 0.6 is 0 Å². The van der Waals surface area contributed by atoms with Crippen LogP contribution in [0.1, 0.15) is 53.7 Å². The number of amides is 2. The molecule has 1 aliphatic rings. The molecule has 37 heavy (non-hydrogen) atoms. The minimum Gasteiger partial charge on any atom is -0.493 e. The number of methoxy groups -OCH3 is 4. The summed E-state index contributed by atoms with van der Waals surface area (Å²) in [5.41, 5.74) is 1.78. The molecular formula is C28H39N3O6. The van der Waals surface area contributed by atoms with Crippen molar-refractivity contribution in [3.63, 3.8) is 0 Å². The summed E-state index contributed by atoms with van der Waals surface area (Å²) in [6.45, 7) is 7.63. The third-order valence-electron chi connectivity index (χ3n) is 7.05. The van der Waals surface area contributed by atoms with Gasteiger partial charge in [0.25, 0.3) is 5.91 Å². The molecule has 2 atom stereocenters. The summed E-state index contributed by atoms with van der Waals surface area (Å²) in [4.78, 5) is 31.3. The number of carbonyl (C=O) groups excluding carboxylic acids is 2. The average Bonchev–Trinajstić information content (AvgIpc) is 2.93. The Kier molecular flexibility index (Phi) is 9.63. The van der Waals surface area contributed by atoms with E-state index in [4.69, 9.17) is 18.9 Å². The first-order valence-corrected chi connectivity index (χ1v) is 12.6. The van der Waals surface area contributed by atoms with Crippen molar-refractivity contribution < 1.29 is 28.5 Å². The Balaban J connectivity index is 2.06. The molecule has 1 aliphatic heterocycles. The Morgan fingerprint density at radius 3 is 2.11 bits per heavy atom. The first-order valence-electron chi connectivity index (χ1n) is 12.6. The molecule has 0 bridgehead atoms. The minimum absolute atomic E-state index is 0.160. The van der Waals surface area contributed by atoms with Gasteiger partial charge in [-0.3, -0.25) is 9.59 Å². The summed E-state index contributed by atoms with van der Waals surface area (Å²) in [6.07, 6.45) is 0.828. The topological polar surface area (TPSA) is 89.6 Å². The van der Waals surface area contributed by atoms with Gasteiger partial charge >= 0.3 is 0 Å². The summed E-state index contributed by atoms with van der Waals surface area (Å²) < 4.78 is 21.9. The van der Waals surface area contributed by atoms with Crippen LogP contribution in [0, 0.1) is 0 Å². The number of likely N-dealkylation sites (N-methyl/N-ethyl adjacent to an activating group) is 1. The number of nitrogens with one attached hydrogen (secondary N) is 1. The highest BCUT2D eigenvalue weighted by Crippen LogP contribution is 2.46. The summed E-state index contributed by atoms with van der Waals surface area (Å²) >= 11 is 0. The standard InChI is InChI=1S/C28H39N3O6/c1-8-31(9-2)14-10-13-29-27(32)25-19-16-23(36-6)24(37-7)17-20(19)28(33)30(3)26(25)18-11-12-21(34-4)22(15-18)35-5/h11-12,15-17,25-26H,8-10,13-14H2,1-7H3,(H,29,32)/t25-,26+/m0/s1. The predicted molar refractivity (Wildman–Crippen MR) is 142 cm³/mol. The van der Waals surface area contributed by atoms with Crippen LogP contribution in [0.5, 0.6) is 23.0 Å². The molecule has 1 heterocycles. The lowest BCUT2D eigenvalue weighted by atomic mass is 9.79. The van der Waals surface area contributed by atoms with Crippen molar-refractivity contribution in [2.45, 2.75) is 32.2 Å². The average molecular weight is 514 g/mol. The highest BCUT2D eigenvalue weighted by molar-refractivity contribution is 6.02. The molecule has 2 aromatic carbocycles. The molecule has 2 amide bonds. The lowest BCUT2D eigenvalue weighted by Gasteiger charge is -2.40. The zero-order chi connectivity index (χ0) is 27.1. The van der Waals surface area contributed by atoms with Crippen LogP contribution in [0.25, 0.3) is 0 Å². The van der Waals surface area contributed by atoms with Crippen LogP contribution in [0.4, 0.5) is 0 Å². The maximum Gasteiger partial charge on any atom is 0.254 e. The van der Waals surface area contributed by atoms with Gasteiger partial charge in [0.15, 0.2) is 23.0 Å². The number of nitrogens with zero attached hydrogens (tertiary/aromatic N) is 2. The van der Waals surface area contributed by atoms with Gasteiger partial charge in [-0.25, -0.2) is 0 Å². The van der Waals surface area contributed by atoms with E-state index in [1.807, 2.05) is 12.1 Å². The second-order valence-electron chi connectivity index (χ2n) is 8.92. The number of rotatable bonds is 12. The largest absolute Gasteiger partial charge is 0.493 e. The second kappa shape index (κ2) is 12.7. The Bertz CT molecular complexity index is 1100. The molecule has 1 N–H and O–H groups in total. The van der Waals surface area contributed by atoms with Gasteiger partial charge in [0.1, 0.15) is 0 Å². The molecule has 0 saturated heterocycles. The molecule has 0 saturated carbocycles. The van der Waals surface area contributed by atoms with E-state index in [0.717, 1.165) is 31.6 Å². The SMILES string of the molecule is CCN(CC)CCCNC(=O)[C@H]1c2cc(OC)c(OC)cc2C(=O)N(C)[C@@H]1c1ccc(OC)c(OC)c1. The van der Waals surface area contributed by atoms with Gasteiger partial charge in [-0.1, -0.05) is 19.9 Å². The zero-order valence-corrected chi connectivity index (χ0v) is 22.9. The van der Waals surface area contributed by atoms with Crippen LogP contribution in [0.15, 0.2) is 30.3 Å². The molecule has 0 radical (unpaired) electrons. The highest BCUT2D eigenvalue weighted by atomic mass is 16.5. The molecule has 0 unspecified atom stereocenters. The zero-order valence-electron chi connectivity index (χ0n) is 22.9. The van der Waals surface area contributed by atoms with Gasteiger partial charge in [0, 0.05) is 19.2 Å². The van der Waals surface area contributed by atoms with Crippen molar-refractivity contribution in [2.75, 3.05) is 61.7 Å². The fourth-order valence-electron chi connectivity index (χ4n) is 4.95. The third kappa shape index (κ3) is 5.77. The van der Waals surface area contributed by atoms with Crippen LogP contribution in [0.2, 0.25) is 0 Å². The second-order valence-corrected chi connectivity index (χ2v) is 8.92. The van der Waals surface area contributed by atoms with Crippen molar-refractivity contribution in [3.8, 4) is 23.0 Å². The van der Waals surface area contributed by atoms with Gasteiger partial charge in [-0.05, 0) is 61.4 Å². The van der Waals surface area contributed by atoms with E-state index in [9.17, 15) is 9.59 Å². The van der Waals surface area contributed by atoms with Crippen LogP contribution in [-0.2, 0) is 4.79 Å². The van der Waals surface area contributed by atoms with E-state index in [2.05, 4.69) is 24.1 Å². The lowest BCUT2D eigenvalue weighted by Crippen LogP contribution is -2.46. The van der Waals surface area contributed by atoms with Crippen LogP contribution in [-0.4, -0.2) is 83.3 Å². The van der Waals surface area contributed by atoms with Crippen molar-refractivity contribution in [2.24, 2.45) is 0 Å². The van der Waals surface area contributed by atoms with Crippen molar-refractivity contribution >= 4 is 11.8 Å². The van der Waals surface area contributed by atoms with Gasteiger partial charge in [0.2, 0.25) is 5.91 Å².